The van der Waals surface area contributed by atoms with Gasteiger partial charge in [-0.1, -0.05) is 111 Å². The summed E-state index contributed by atoms with van der Waals surface area (Å²) in [5.74, 6) is -2.01. The van der Waals surface area contributed by atoms with Crippen molar-refractivity contribution < 1.29 is 57.2 Å². The smallest absolute Gasteiger partial charge is 0.349 e. The Balaban J connectivity index is 0.000000258. The maximum absolute atomic E-state index is 12.2. The number of hydrogen-bond donors (Lipinski definition) is 0. The van der Waals surface area contributed by atoms with E-state index in [0.29, 0.717) is 34.0 Å². The molecule has 0 radical (unpaired) electrons. The average Bonchev–Trinajstić information content (AvgIpc) is 3.35. The average molecular weight is 927 g/mol. The summed E-state index contributed by atoms with van der Waals surface area (Å²) in [5, 5.41) is 0. The molecule has 12 heteroatoms. The molecule has 6 aromatic carbocycles. The molecule has 69 heavy (non-hydrogen) atoms. The van der Waals surface area contributed by atoms with Crippen LogP contribution in [0.15, 0.2) is 194 Å². The van der Waals surface area contributed by atoms with Crippen molar-refractivity contribution in [1.82, 2.24) is 0 Å². The summed E-state index contributed by atoms with van der Waals surface area (Å²) in [6.07, 6.45) is 0. The first-order valence-corrected chi connectivity index (χ1v) is 21.4. The number of esters is 6. The standard InChI is InChI=1S/C29H26O6.C28H24O6/c1-19(2)27(30)33-16-17-34-29(32)23-10-8-21(9-11-23)24-6-5-7-25(18-24)22-12-14-26(15-13-22)35-28(31)20(3)4;1-18(2)27(30)32-17-26(29)33-24-12-8-20(9-13-24)22-6-5-7-23(16-22)21-10-14-25(15-11-21)34-28(31)19(3)4/h5-15,18H,1,3,16-17H2,2,4H3;5-16H,1,3,17H2,2,4H3. The number of carbonyl (C=O) groups excluding carboxylic acids is 6. The minimum absolute atomic E-state index is 0.0282. The fraction of sp³-hybridized carbons (Fsp3) is 0.123. The molecule has 0 fully saturated rings. The molecule has 0 aliphatic rings. The topological polar surface area (TPSA) is 158 Å². The van der Waals surface area contributed by atoms with Crippen LogP contribution >= 0.6 is 0 Å². The third-order valence-electron chi connectivity index (χ3n) is 9.66. The number of carbonyl (C=O) groups is 6. The van der Waals surface area contributed by atoms with E-state index >= 15 is 0 Å². The fourth-order valence-corrected chi connectivity index (χ4v) is 5.97. The highest BCUT2D eigenvalue weighted by Crippen LogP contribution is 2.30. The molecule has 0 aliphatic carbocycles. The highest BCUT2D eigenvalue weighted by Gasteiger charge is 2.13. The predicted molar refractivity (Wildman–Crippen MR) is 263 cm³/mol. The van der Waals surface area contributed by atoms with E-state index in [1.165, 1.54) is 6.92 Å². The van der Waals surface area contributed by atoms with E-state index in [2.05, 4.69) is 26.3 Å². The van der Waals surface area contributed by atoms with Gasteiger partial charge in [-0.2, -0.15) is 0 Å². The van der Waals surface area contributed by atoms with E-state index in [4.69, 9.17) is 28.4 Å². The zero-order chi connectivity index (χ0) is 50.0. The first-order valence-electron chi connectivity index (χ1n) is 21.4. The molecule has 0 heterocycles. The second kappa shape index (κ2) is 24.6. The molecule has 350 valence electrons. The van der Waals surface area contributed by atoms with Crippen LogP contribution in [0.2, 0.25) is 0 Å². The maximum Gasteiger partial charge on any atom is 0.349 e. The lowest BCUT2D eigenvalue weighted by Gasteiger charge is -2.09. The molecule has 0 bridgehead atoms. The van der Waals surface area contributed by atoms with Crippen LogP contribution in [0, 0.1) is 0 Å². The molecule has 0 aromatic heterocycles. The zero-order valence-corrected chi connectivity index (χ0v) is 38.7. The second-order valence-electron chi connectivity index (χ2n) is 15.5. The predicted octanol–water partition coefficient (Wildman–Crippen LogP) is 11.3. The Labute approximate surface area is 400 Å². The van der Waals surface area contributed by atoms with E-state index in [9.17, 15) is 28.8 Å². The zero-order valence-electron chi connectivity index (χ0n) is 38.7. The highest BCUT2D eigenvalue weighted by molar-refractivity contribution is 5.91. The Morgan fingerprint density at radius 3 is 1.04 bits per heavy atom. The van der Waals surface area contributed by atoms with Gasteiger partial charge in [0.2, 0.25) is 0 Å². The quantitative estimate of drug-likeness (QED) is 0.0281. The number of benzene rings is 6. The molecule has 6 rings (SSSR count). The normalized spacial score (nSPS) is 10.2. The molecule has 0 unspecified atom stereocenters. The molecule has 0 atom stereocenters. The van der Waals surface area contributed by atoms with Crippen molar-refractivity contribution >= 4 is 35.8 Å². The fourth-order valence-electron chi connectivity index (χ4n) is 5.97. The third-order valence-corrected chi connectivity index (χ3v) is 9.66. The minimum Gasteiger partial charge on any atom is -0.459 e. The summed E-state index contributed by atoms with van der Waals surface area (Å²) >= 11 is 0. The van der Waals surface area contributed by atoms with Gasteiger partial charge in [0.15, 0.2) is 6.61 Å². The Hall–Kier alpha value is -8.90. The van der Waals surface area contributed by atoms with Crippen molar-refractivity contribution in [3.8, 4) is 61.8 Å². The molecular formula is C57H50O12. The van der Waals surface area contributed by atoms with Crippen LogP contribution in [-0.4, -0.2) is 55.6 Å². The molecule has 6 aromatic rings. The van der Waals surface area contributed by atoms with Crippen molar-refractivity contribution in [2.24, 2.45) is 0 Å². The van der Waals surface area contributed by atoms with E-state index in [-0.39, 0.29) is 24.4 Å². The molecule has 0 amide bonds. The Morgan fingerprint density at radius 2 is 0.681 bits per heavy atom. The molecular weight excluding hydrogens is 877 g/mol. The molecule has 0 saturated carbocycles. The van der Waals surface area contributed by atoms with Crippen LogP contribution in [0.4, 0.5) is 0 Å². The molecule has 0 N–H and O–H groups in total. The van der Waals surface area contributed by atoms with Crippen LogP contribution in [0.25, 0.3) is 44.5 Å². The highest BCUT2D eigenvalue weighted by atomic mass is 16.6. The van der Waals surface area contributed by atoms with Crippen molar-refractivity contribution in [1.29, 1.82) is 0 Å². The lowest BCUT2D eigenvalue weighted by molar-refractivity contribution is -0.150. The van der Waals surface area contributed by atoms with Crippen LogP contribution in [0.1, 0.15) is 38.1 Å². The Bertz CT molecular complexity index is 2890. The third kappa shape index (κ3) is 15.6. The first kappa shape index (κ1) is 51.1. The summed E-state index contributed by atoms with van der Waals surface area (Å²) in [7, 11) is 0. The van der Waals surface area contributed by atoms with E-state index in [1.807, 2.05) is 97.1 Å². The summed E-state index contributed by atoms with van der Waals surface area (Å²) in [5.41, 5.74) is 9.31. The molecule has 12 nitrogen and oxygen atoms in total. The van der Waals surface area contributed by atoms with Gasteiger partial charge in [-0.15, -0.1) is 0 Å². The molecule has 0 saturated heterocycles. The van der Waals surface area contributed by atoms with Crippen LogP contribution in [0.5, 0.6) is 17.2 Å². The van der Waals surface area contributed by atoms with Crippen LogP contribution < -0.4 is 14.2 Å². The van der Waals surface area contributed by atoms with Crippen molar-refractivity contribution in [2.75, 3.05) is 19.8 Å². The summed E-state index contributed by atoms with van der Waals surface area (Å²) in [6, 6.07) is 44.5. The lowest BCUT2D eigenvalue weighted by Crippen LogP contribution is -2.18. The van der Waals surface area contributed by atoms with Gasteiger partial charge in [-0.05, 0) is 133 Å². The summed E-state index contributed by atoms with van der Waals surface area (Å²) in [4.78, 5) is 70.1. The van der Waals surface area contributed by atoms with Gasteiger partial charge in [-0.25, -0.2) is 28.8 Å². The Kier molecular flexibility index (Phi) is 18.2. The first-order chi connectivity index (χ1) is 33.0. The second-order valence-corrected chi connectivity index (χ2v) is 15.5. The van der Waals surface area contributed by atoms with Gasteiger partial charge in [-0.3, -0.25) is 0 Å². The minimum atomic E-state index is -0.679. The van der Waals surface area contributed by atoms with Crippen molar-refractivity contribution in [3.63, 3.8) is 0 Å². The van der Waals surface area contributed by atoms with Gasteiger partial charge in [0.25, 0.3) is 0 Å². The Morgan fingerprint density at radius 1 is 0.362 bits per heavy atom. The van der Waals surface area contributed by atoms with Crippen LogP contribution in [0.3, 0.4) is 0 Å². The summed E-state index contributed by atoms with van der Waals surface area (Å²) < 4.78 is 30.5. The largest absolute Gasteiger partial charge is 0.459 e. The van der Waals surface area contributed by atoms with Gasteiger partial charge >= 0.3 is 35.8 Å². The summed E-state index contributed by atoms with van der Waals surface area (Å²) in [6.45, 7) is 19.8. The van der Waals surface area contributed by atoms with Crippen LogP contribution in [-0.2, 0) is 38.2 Å². The van der Waals surface area contributed by atoms with E-state index in [1.54, 1.807) is 69.3 Å². The maximum atomic E-state index is 12.2. The SMILES string of the molecule is C=C(C)C(=O)OCC(=O)Oc1ccc(-c2cccc(-c3ccc(OC(=O)C(=C)C)cc3)c2)cc1.C=C(C)C(=O)OCCOC(=O)c1ccc(-c2cccc(-c3ccc(OC(=O)C(=C)C)cc3)c2)cc1. The van der Waals surface area contributed by atoms with E-state index < -0.39 is 42.4 Å². The van der Waals surface area contributed by atoms with Crippen molar-refractivity contribution in [2.45, 2.75) is 27.7 Å². The number of rotatable bonds is 17. The molecule has 0 spiro atoms. The van der Waals surface area contributed by atoms with Gasteiger partial charge in [0.05, 0.1) is 5.56 Å². The van der Waals surface area contributed by atoms with Gasteiger partial charge in [0, 0.05) is 22.3 Å². The lowest BCUT2D eigenvalue weighted by atomic mass is 9.98. The van der Waals surface area contributed by atoms with E-state index in [0.717, 1.165) is 44.5 Å². The number of hydrogen-bond acceptors (Lipinski definition) is 12. The monoisotopic (exact) mass is 926 g/mol. The molecule has 0 aliphatic heterocycles. The van der Waals surface area contributed by atoms with Gasteiger partial charge < -0.3 is 28.4 Å². The number of ether oxygens (including phenoxy) is 6. The van der Waals surface area contributed by atoms with Gasteiger partial charge in [0.1, 0.15) is 30.5 Å². The van der Waals surface area contributed by atoms with Crippen molar-refractivity contribution in [3.05, 3.63) is 200 Å².